The molecule has 0 saturated heterocycles. The van der Waals surface area contributed by atoms with Gasteiger partial charge >= 0.3 is 0 Å². The third-order valence-electron chi connectivity index (χ3n) is 3.49. The molecular formula is C16H15FN2O. The van der Waals surface area contributed by atoms with Crippen LogP contribution >= 0.6 is 0 Å². The van der Waals surface area contributed by atoms with Crippen LogP contribution in [0.1, 0.15) is 12.0 Å². The molecule has 2 aromatic carbocycles. The Hall–Kier alpha value is -2.36. The lowest BCUT2D eigenvalue weighted by atomic mass is 10.1. The highest BCUT2D eigenvalue weighted by molar-refractivity contribution is 5.97. The number of carbonyl (C=O) groups excluding carboxylic acids is 1. The van der Waals surface area contributed by atoms with E-state index in [4.69, 9.17) is 0 Å². The number of rotatable bonds is 1. The van der Waals surface area contributed by atoms with Crippen LogP contribution in [0.15, 0.2) is 42.5 Å². The predicted octanol–water partition coefficient (Wildman–Crippen LogP) is 3.61. The fraction of sp³-hybridized carbons (Fsp3) is 0.188. The number of anilines is 3. The first-order chi connectivity index (χ1) is 9.65. The average Bonchev–Trinajstić information content (AvgIpc) is 2.57. The number of fused-ring (bicyclic) bond motifs is 1. The Morgan fingerprint density at radius 2 is 1.95 bits per heavy atom. The number of hydrogen-bond acceptors (Lipinski definition) is 2. The van der Waals surface area contributed by atoms with Gasteiger partial charge in [-0.2, -0.15) is 0 Å². The molecular weight excluding hydrogens is 255 g/mol. The van der Waals surface area contributed by atoms with Crippen molar-refractivity contribution in [2.45, 2.75) is 13.3 Å². The normalized spacial score (nSPS) is 14.5. The van der Waals surface area contributed by atoms with E-state index in [0.717, 1.165) is 16.9 Å². The van der Waals surface area contributed by atoms with Gasteiger partial charge in [0.1, 0.15) is 5.82 Å². The largest absolute Gasteiger partial charge is 0.339 e. The van der Waals surface area contributed by atoms with Gasteiger partial charge in [0.05, 0.1) is 11.4 Å². The molecule has 20 heavy (non-hydrogen) atoms. The molecule has 1 aliphatic heterocycles. The van der Waals surface area contributed by atoms with E-state index in [1.54, 1.807) is 6.07 Å². The predicted molar refractivity (Wildman–Crippen MR) is 77.8 cm³/mol. The fourth-order valence-corrected chi connectivity index (χ4v) is 2.51. The molecule has 1 amide bonds. The van der Waals surface area contributed by atoms with Gasteiger partial charge in [-0.25, -0.2) is 4.39 Å². The molecule has 0 fully saturated rings. The standard InChI is InChI=1S/C16H15FN2O/c1-11-4-2-3-5-14(11)19-9-8-16(20)18-13-10-12(17)6-7-15(13)19/h2-7,10H,8-9H2,1H3,(H,18,20). The number of para-hydroxylation sites is 1. The lowest BCUT2D eigenvalue weighted by Crippen LogP contribution is -2.19. The summed E-state index contributed by atoms with van der Waals surface area (Å²) in [4.78, 5) is 13.8. The number of aryl methyl sites for hydroxylation is 1. The van der Waals surface area contributed by atoms with E-state index in [-0.39, 0.29) is 11.7 Å². The van der Waals surface area contributed by atoms with Crippen LogP contribution in [0.4, 0.5) is 21.5 Å². The van der Waals surface area contributed by atoms with Crippen LogP contribution in [0, 0.1) is 12.7 Å². The minimum atomic E-state index is -0.351. The number of nitrogens with one attached hydrogen (secondary N) is 1. The number of carbonyl (C=O) groups is 1. The molecule has 3 rings (SSSR count). The minimum absolute atomic E-state index is 0.0899. The molecule has 0 radical (unpaired) electrons. The summed E-state index contributed by atoms with van der Waals surface area (Å²) in [7, 11) is 0. The lowest BCUT2D eigenvalue weighted by molar-refractivity contribution is -0.115. The van der Waals surface area contributed by atoms with Crippen molar-refractivity contribution in [1.82, 2.24) is 0 Å². The first kappa shape index (κ1) is 12.7. The molecule has 0 aromatic heterocycles. The van der Waals surface area contributed by atoms with Crippen LogP contribution in [0.25, 0.3) is 0 Å². The summed E-state index contributed by atoms with van der Waals surface area (Å²) in [5.41, 5.74) is 3.51. The summed E-state index contributed by atoms with van der Waals surface area (Å²) in [6.07, 6.45) is 0.380. The van der Waals surface area contributed by atoms with Crippen LogP contribution in [-0.4, -0.2) is 12.5 Å². The molecule has 0 aliphatic carbocycles. The molecule has 0 spiro atoms. The second kappa shape index (κ2) is 4.96. The molecule has 0 atom stereocenters. The quantitative estimate of drug-likeness (QED) is 0.858. The van der Waals surface area contributed by atoms with Crippen molar-refractivity contribution in [3.05, 3.63) is 53.8 Å². The highest BCUT2D eigenvalue weighted by atomic mass is 19.1. The molecule has 102 valence electrons. The maximum atomic E-state index is 13.4. The van der Waals surface area contributed by atoms with Crippen LogP contribution in [0.5, 0.6) is 0 Å². The Balaban J connectivity index is 2.13. The van der Waals surface area contributed by atoms with Gasteiger partial charge in [-0.3, -0.25) is 4.79 Å². The number of halogens is 1. The molecule has 1 aliphatic rings. The first-order valence-electron chi connectivity index (χ1n) is 6.58. The van der Waals surface area contributed by atoms with Crippen LogP contribution in [0.3, 0.4) is 0 Å². The topological polar surface area (TPSA) is 32.3 Å². The van der Waals surface area contributed by atoms with Crippen LogP contribution in [-0.2, 0) is 4.79 Å². The van der Waals surface area contributed by atoms with E-state index >= 15 is 0 Å². The highest BCUT2D eigenvalue weighted by Gasteiger charge is 2.21. The third-order valence-corrected chi connectivity index (χ3v) is 3.49. The maximum Gasteiger partial charge on any atom is 0.226 e. The van der Waals surface area contributed by atoms with Gasteiger partial charge in [-0.1, -0.05) is 18.2 Å². The Kier molecular flexibility index (Phi) is 3.14. The second-order valence-electron chi connectivity index (χ2n) is 4.90. The summed E-state index contributed by atoms with van der Waals surface area (Å²) in [5, 5.41) is 2.76. The highest BCUT2D eigenvalue weighted by Crippen LogP contribution is 2.36. The molecule has 0 saturated carbocycles. The Morgan fingerprint density at radius 1 is 1.15 bits per heavy atom. The van der Waals surface area contributed by atoms with Crippen molar-refractivity contribution in [3.63, 3.8) is 0 Å². The molecule has 4 heteroatoms. The molecule has 1 N–H and O–H groups in total. The molecule has 0 unspecified atom stereocenters. The molecule has 0 bridgehead atoms. The minimum Gasteiger partial charge on any atom is -0.339 e. The monoisotopic (exact) mass is 270 g/mol. The molecule has 3 nitrogen and oxygen atoms in total. The summed E-state index contributed by atoms with van der Waals surface area (Å²) >= 11 is 0. The first-order valence-corrected chi connectivity index (χ1v) is 6.58. The summed E-state index contributed by atoms with van der Waals surface area (Å²) in [6, 6.07) is 12.5. The second-order valence-corrected chi connectivity index (χ2v) is 4.90. The van der Waals surface area contributed by atoms with Gasteiger partial charge in [-0.15, -0.1) is 0 Å². The number of benzene rings is 2. The van der Waals surface area contributed by atoms with Crippen molar-refractivity contribution in [1.29, 1.82) is 0 Å². The van der Waals surface area contributed by atoms with Gasteiger partial charge in [0.25, 0.3) is 0 Å². The van der Waals surface area contributed by atoms with Gasteiger partial charge < -0.3 is 10.2 Å². The van der Waals surface area contributed by atoms with Crippen molar-refractivity contribution in [2.75, 3.05) is 16.8 Å². The van der Waals surface area contributed by atoms with E-state index in [1.807, 2.05) is 31.2 Å². The van der Waals surface area contributed by atoms with Crippen LogP contribution in [0.2, 0.25) is 0 Å². The zero-order valence-electron chi connectivity index (χ0n) is 11.2. The summed E-state index contributed by atoms with van der Waals surface area (Å²) in [5.74, 6) is -0.441. The van der Waals surface area contributed by atoms with E-state index in [9.17, 15) is 9.18 Å². The van der Waals surface area contributed by atoms with E-state index in [1.165, 1.54) is 12.1 Å². The SMILES string of the molecule is Cc1ccccc1N1CCC(=O)Nc2cc(F)ccc21. The molecule has 2 aromatic rings. The zero-order valence-corrected chi connectivity index (χ0v) is 11.2. The fourth-order valence-electron chi connectivity index (χ4n) is 2.51. The van der Waals surface area contributed by atoms with E-state index in [0.29, 0.717) is 18.7 Å². The van der Waals surface area contributed by atoms with E-state index < -0.39 is 0 Å². The van der Waals surface area contributed by atoms with Crippen molar-refractivity contribution < 1.29 is 9.18 Å². The third kappa shape index (κ3) is 2.25. The maximum absolute atomic E-state index is 13.4. The van der Waals surface area contributed by atoms with E-state index in [2.05, 4.69) is 10.2 Å². The van der Waals surface area contributed by atoms with Gasteiger partial charge in [0.2, 0.25) is 5.91 Å². The number of amides is 1. The van der Waals surface area contributed by atoms with Crippen LogP contribution < -0.4 is 10.2 Å². The number of nitrogens with zero attached hydrogens (tertiary/aromatic N) is 1. The van der Waals surface area contributed by atoms with Crippen molar-refractivity contribution in [2.24, 2.45) is 0 Å². The zero-order chi connectivity index (χ0) is 14.1. The Bertz CT molecular complexity index is 669. The number of hydrogen-bond donors (Lipinski definition) is 1. The van der Waals surface area contributed by atoms with Crippen molar-refractivity contribution >= 4 is 23.0 Å². The van der Waals surface area contributed by atoms with Gasteiger partial charge in [-0.05, 0) is 36.8 Å². The van der Waals surface area contributed by atoms with Gasteiger partial charge in [0.15, 0.2) is 0 Å². The van der Waals surface area contributed by atoms with Crippen molar-refractivity contribution in [3.8, 4) is 0 Å². The molecule has 1 heterocycles. The average molecular weight is 270 g/mol. The smallest absolute Gasteiger partial charge is 0.226 e. The Morgan fingerprint density at radius 3 is 2.75 bits per heavy atom. The Labute approximate surface area is 117 Å². The summed E-state index contributed by atoms with van der Waals surface area (Å²) < 4.78 is 13.4. The lowest BCUT2D eigenvalue weighted by Gasteiger charge is -2.25. The van der Waals surface area contributed by atoms with Gasteiger partial charge in [0, 0.05) is 18.7 Å². The summed E-state index contributed by atoms with van der Waals surface area (Å²) in [6.45, 7) is 2.61.